The lowest BCUT2D eigenvalue weighted by Gasteiger charge is -2.19. The van der Waals surface area contributed by atoms with Gasteiger partial charge < -0.3 is 20.4 Å². The Hall–Kier alpha value is -1.55. The molecule has 0 unspecified atom stereocenters. The second-order valence-electron chi connectivity index (χ2n) is 3.08. The zero-order valence-electron chi connectivity index (χ0n) is 7.99. The van der Waals surface area contributed by atoms with E-state index >= 15 is 0 Å². The van der Waals surface area contributed by atoms with Crippen LogP contribution < -0.4 is 11.2 Å². The van der Waals surface area contributed by atoms with E-state index in [0.717, 1.165) is 0 Å². The third-order valence-electron chi connectivity index (χ3n) is 1.92. The number of nitrogens with one attached hydrogen (secondary N) is 2. The molecule has 0 saturated carbocycles. The summed E-state index contributed by atoms with van der Waals surface area (Å²) in [6.07, 6.45) is -5.23. The van der Waals surface area contributed by atoms with E-state index < -0.39 is 41.9 Å². The number of rotatable bonds is 4. The van der Waals surface area contributed by atoms with Gasteiger partial charge in [0.05, 0.1) is 6.61 Å². The zero-order chi connectivity index (χ0) is 12.3. The van der Waals surface area contributed by atoms with Crippen molar-refractivity contribution in [2.45, 2.75) is 18.3 Å². The van der Waals surface area contributed by atoms with Crippen molar-refractivity contribution in [3.63, 3.8) is 0 Å². The summed E-state index contributed by atoms with van der Waals surface area (Å²) in [4.78, 5) is 23.5. The summed E-state index contributed by atoms with van der Waals surface area (Å²) in [5.41, 5.74) is -2.40. The standard InChI is InChI=1S/C7H11N3O6/c11-1-2(12)4(13)5(14)3-6(15)8-7(16)10-9-3/h2,4-5,11-14H,1H2,(H2,8,10,15,16)/t2-,4+,5-/m0/s1. The fourth-order valence-electron chi connectivity index (χ4n) is 1.04. The van der Waals surface area contributed by atoms with Gasteiger partial charge in [-0.2, -0.15) is 5.10 Å². The normalized spacial score (nSPS) is 16.8. The molecule has 1 heterocycles. The molecule has 0 aliphatic rings. The molecule has 0 saturated heterocycles. The molecule has 9 heteroatoms. The lowest BCUT2D eigenvalue weighted by atomic mass is 10.1. The van der Waals surface area contributed by atoms with E-state index in [1.807, 2.05) is 5.10 Å². The van der Waals surface area contributed by atoms with E-state index in [1.54, 1.807) is 4.98 Å². The molecule has 0 radical (unpaired) electrons. The second kappa shape index (κ2) is 4.99. The van der Waals surface area contributed by atoms with Crippen LogP contribution in [-0.2, 0) is 0 Å². The number of aromatic amines is 2. The summed E-state index contributed by atoms with van der Waals surface area (Å²) >= 11 is 0. The molecule has 9 nitrogen and oxygen atoms in total. The molecule has 90 valence electrons. The lowest BCUT2D eigenvalue weighted by Crippen LogP contribution is -2.39. The minimum Gasteiger partial charge on any atom is -0.394 e. The third-order valence-corrected chi connectivity index (χ3v) is 1.92. The van der Waals surface area contributed by atoms with Gasteiger partial charge in [-0.05, 0) is 0 Å². The van der Waals surface area contributed by atoms with Crippen LogP contribution in [0.5, 0.6) is 0 Å². The van der Waals surface area contributed by atoms with Gasteiger partial charge in [-0.3, -0.25) is 9.78 Å². The Balaban J connectivity index is 3.00. The predicted molar refractivity (Wildman–Crippen MR) is 49.5 cm³/mol. The number of aliphatic hydroxyl groups is 4. The highest BCUT2D eigenvalue weighted by Gasteiger charge is 2.28. The Morgan fingerprint density at radius 2 is 1.88 bits per heavy atom. The molecule has 6 N–H and O–H groups in total. The van der Waals surface area contributed by atoms with Crippen LogP contribution in [0.15, 0.2) is 9.59 Å². The van der Waals surface area contributed by atoms with Crippen molar-refractivity contribution in [2.24, 2.45) is 0 Å². The molecule has 0 spiro atoms. The van der Waals surface area contributed by atoms with E-state index in [0.29, 0.717) is 0 Å². The minimum absolute atomic E-state index is 0.556. The Morgan fingerprint density at radius 3 is 2.38 bits per heavy atom. The first-order chi connectivity index (χ1) is 7.47. The lowest BCUT2D eigenvalue weighted by molar-refractivity contribution is -0.0796. The van der Waals surface area contributed by atoms with Gasteiger partial charge in [0.2, 0.25) is 0 Å². The summed E-state index contributed by atoms with van der Waals surface area (Å²) in [6, 6.07) is 0. The molecular formula is C7H11N3O6. The number of hydrogen-bond acceptors (Lipinski definition) is 7. The molecule has 3 atom stereocenters. The Kier molecular flexibility index (Phi) is 3.90. The Morgan fingerprint density at radius 1 is 1.25 bits per heavy atom. The van der Waals surface area contributed by atoms with E-state index in [-0.39, 0.29) is 0 Å². The SMILES string of the molecule is O=c1[nH]nc([C@H](O)[C@H](O)[C@@H](O)CO)c(=O)[nH]1. The van der Waals surface area contributed by atoms with Crippen LogP contribution in [0.2, 0.25) is 0 Å². The summed E-state index contributed by atoms with van der Waals surface area (Å²) < 4.78 is 0. The summed E-state index contributed by atoms with van der Waals surface area (Å²) in [7, 11) is 0. The zero-order valence-corrected chi connectivity index (χ0v) is 7.99. The number of aliphatic hydroxyl groups excluding tert-OH is 4. The summed E-state index contributed by atoms with van der Waals surface area (Å²) in [5.74, 6) is 0. The van der Waals surface area contributed by atoms with Gasteiger partial charge in [0.1, 0.15) is 18.3 Å². The molecule has 0 bridgehead atoms. The van der Waals surface area contributed by atoms with Crippen LogP contribution in [0, 0.1) is 0 Å². The molecule has 0 fully saturated rings. The second-order valence-corrected chi connectivity index (χ2v) is 3.08. The van der Waals surface area contributed by atoms with Gasteiger partial charge in [0.25, 0.3) is 5.56 Å². The molecule has 0 aliphatic carbocycles. The van der Waals surface area contributed by atoms with Crippen molar-refractivity contribution >= 4 is 0 Å². The van der Waals surface area contributed by atoms with Crippen molar-refractivity contribution in [2.75, 3.05) is 6.61 Å². The van der Waals surface area contributed by atoms with Crippen LogP contribution in [0.25, 0.3) is 0 Å². The highest BCUT2D eigenvalue weighted by atomic mass is 16.4. The molecule has 1 rings (SSSR count). The van der Waals surface area contributed by atoms with Crippen LogP contribution >= 0.6 is 0 Å². The Bertz CT molecular complexity index is 454. The fraction of sp³-hybridized carbons (Fsp3) is 0.571. The van der Waals surface area contributed by atoms with Gasteiger partial charge in [0, 0.05) is 0 Å². The maximum atomic E-state index is 11.1. The van der Waals surface area contributed by atoms with Gasteiger partial charge >= 0.3 is 5.69 Å². The van der Waals surface area contributed by atoms with Gasteiger partial charge in [-0.15, -0.1) is 0 Å². The first-order valence-corrected chi connectivity index (χ1v) is 4.31. The Labute approximate surface area is 88.0 Å². The monoisotopic (exact) mass is 233 g/mol. The summed E-state index contributed by atoms with van der Waals surface area (Å²) in [6.45, 7) is -0.792. The average molecular weight is 233 g/mol. The summed E-state index contributed by atoms with van der Waals surface area (Å²) in [5, 5.41) is 41.4. The number of nitrogens with zero attached hydrogens (tertiary/aromatic N) is 1. The van der Waals surface area contributed by atoms with Gasteiger partial charge in [-0.25, -0.2) is 9.89 Å². The van der Waals surface area contributed by atoms with Crippen LogP contribution in [0.1, 0.15) is 11.8 Å². The van der Waals surface area contributed by atoms with Crippen LogP contribution in [-0.4, -0.2) is 54.4 Å². The van der Waals surface area contributed by atoms with Crippen molar-refractivity contribution in [3.8, 4) is 0 Å². The molecule has 0 amide bonds. The first-order valence-electron chi connectivity index (χ1n) is 4.31. The number of H-pyrrole nitrogens is 2. The predicted octanol–water partition coefficient (Wildman–Crippen LogP) is -3.79. The highest BCUT2D eigenvalue weighted by Crippen LogP contribution is 2.12. The molecular weight excluding hydrogens is 222 g/mol. The quantitative estimate of drug-likeness (QED) is 0.311. The van der Waals surface area contributed by atoms with E-state index in [4.69, 9.17) is 10.2 Å². The fourth-order valence-corrected chi connectivity index (χ4v) is 1.04. The largest absolute Gasteiger partial charge is 0.394 e. The van der Waals surface area contributed by atoms with E-state index in [2.05, 4.69) is 5.10 Å². The van der Waals surface area contributed by atoms with Crippen molar-refractivity contribution in [1.29, 1.82) is 0 Å². The molecule has 0 aromatic carbocycles. The maximum Gasteiger partial charge on any atom is 0.342 e. The van der Waals surface area contributed by atoms with Crippen LogP contribution in [0.3, 0.4) is 0 Å². The molecule has 1 aromatic heterocycles. The smallest absolute Gasteiger partial charge is 0.342 e. The van der Waals surface area contributed by atoms with E-state index in [9.17, 15) is 19.8 Å². The first kappa shape index (κ1) is 12.5. The highest BCUT2D eigenvalue weighted by molar-refractivity contribution is 5.00. The van der Waals surface area contributed by atoms with Crippen molar-refractivity contribution in [1.82, 2.24) is 15.2 Å². The topological polar surface area (TPSA) is 160 Å². The van der Waals surface area contributed by atoms with Crippen molar-refractivity contribution < 1.29 is 20.4 Å². The van der Waals surface area contributed by atoms with Gasteiger partial charge in [0.15, 0.2) is 5.69 Å². The number of aromatic nitrogens is 3. The third kappa shape index (κ3) is 2.52. The molecule has 16 heavy (non-hydrogen) atoms. The molecule has 1 aromatic rings. The number of hydrogen-bond donors (Lipinski definition) is 6. The molecule has 0 aliphatic heterocycles. The van der Waals surface area contributed by atoms with Crippen molar-refractivity contribution in [3.05, 3.63) is 26.5 Å². The average Bonchev–Trinajstić information content (AvgIpc) is 2.26. The van der Waals surface area contributed by atoms with Gasteiger partial charge in [-0.1, -0.05) is 0 Å². The minimum atomic E-state index is -1.82. The maximum absolute atomic E-state index is 11.1. The van der Waals surface area contributed by atoms with E-state index in [1.165, 1.54) is 0 Å². The van der Waals surface area contributed by atoms with Crippen LogP contribution in [0.4, 0.5) is 0 Å².